The fourth-order valence-corrected chi connectivity index (χ4v) is 11.3. The van der Waals surface area contributed by atoms with E-state index in [0.29, 0.717) is 0 Å². The van der Waals surface area contributed by atoms with Crippen LogP contribution in [0.5, 0.6) is 0 Å². The molecule has 21 heavy (non-hydrogen) atoms. The first-order valence-electron chi connectivity index (χ1n) is 7.04. The maximum Gasteiger partial charge on any atom is 0.0717 e. The molecular weight excluding hydrogens is 487 g/mol. The van der Waals surface area contributed by atoms with Crippen LogP contribution in [0.1, 0.15) is 39.5 Å². The summed E-state index contributed by atoms with van der Waals surface area (Å²) in [5.41, 5.74) is 0. The van der Waals surface area contributed by atoms with Crippen molar-refractivity contribution in [3.63, 3.8) is 0 Å². The standard InChI is InChI=1S/C14H19IS6/c1-3-5-7-16-11-12(17-8-6-4-2)21-14(20-11)13-18-9-10(15)19-13/h9H,3-8H2,1-2H3. The lowest BCUT2D eigenvalue weighted by Gasteiger charge is -2.03. The lowest BCUT2D eigenvalue weighted by molar-refractivity contribution is 0.897. The van der Waals surface area contributed by atoms with E-state index in [1.165, 1.54) is 48.6 Å². The predicted molar refractivity (Wildman–Crippen MR) is 121 cm³/mol. The SMILES string of the molecule is CCCCSC1=C(SCCCC)SC(=C2SC=C(I)S2)S1. The van der Waals surface area contributed by atoms with Crippen LogP contribution in [0.15, 0.2) is 25.3 Å². The van der Waals surface area contributed by atoms with Gasteiger partial charge >= 0.3 is 0 Å². The lowest BCUT2D eigenvalue weighted by Crippen LogP contribution is -1.80. The van der Waals surface area contributed by atoms with E-state index in [-0.39, 0.29) is 0 Å². The number of halogens is 1. The molecule has 2 rings (SSSR count). The molecular formula is C14H19IS6. The number of unbranched alkanes of at least 4 members (excludes halogenated alkanes) is 2. The molecule has 0 bridgehead atoms. The van der Waals surface area contributed by atoms with Crippen LogP contribution < -0.4 is 0 Å². The third-order valence-corrected chi connectivity index (χ3v) is 12.4. The molecule has 0 aromatic rings. The first kappa shape index (κ1) is 19.4. The molecule has 0 atom stereocenters. The zero-order valence-corrected chi connectivity index (χ0v) is 19.2. The molecule has 0 radical (unpaired) electrons. The fraction of sp³-hybridized carbons (Fsp3) is 0.571. The first-order chi connectivity index (χ1) is 10.2. The summed E-state index contributed by atoms with van der Waals surface area (Å²) in [7, 11) is 0. The zero-order valence-electron chi connectivity index (χ0n) is 12.1. The van der Waals surface area contributed by atoms with Crippen molar-refractivity contribution in [2.45, 2.75) is 39.5 Å². The van der Waals surface area contributed by atoms with E-state index in [1.54, 1.807) is 8.47 Å². The Balaban J connectivity index is 1.97. The fourth-order valence-electron chi connectivity index (χ4n) is 1.48. The van der Waals surface area contributed by atoms with Gasteiger partial charge in [-0.15, -0.1) is 23.5 Å². The van der Waals surface area contributed by atoms with Crippen molar-refractivity contribution in [2.24, 2.45) is 0 Å². The van der Waals surface area contributed by atoms with Crippen molar-refractivity contribution in [2.75, 3.05) is 11.5 Å². The molecule has 118 valence electrons. The van der Waals surface area contributed by atoms with Gasteiger partial charge < -0.3 is 0 Å². The van der Waals surface area contributed by atoms with Gasteiger partial charge in [0.05, 0.1) is 19.9 Å². The molecule has 0 spiro atoms. The highest BCUT2D eigenvalue weighted by Crippen LogP contribution is 2.63. The van der Waals surface area contributed by atoms with E-state index in [1.807, 2.05) is 47.0 Å². The maximum atomic E-state index is 2.43. The molecule has 7 heteroatoms. The molecule has 2 aliphatic heterocycles. The van der Waals surface area contributed by atoms with Gasteiger partial charge in [0.15, 0.2) is 0 Å². The Hall–Kier alpha value is 2.05. The van der Waals surface area contributed by atoms with Gasteiger partial charge in [0, 0.05) is 0 Å². The molecule has 2 heterocycles. The predicted octanol–water partition coefficient (Wildman–Crippen LogP) is 8.50. The Morgan fingerprint density at radius 3 is 1.90 bits per heavy atom. The van der Waals surface area contributed by atoms with Gasteiger partial charge in [0.2, 0.25) is 0 Å². The van der Waals surface area contributed by atoms with E-state index >= 15 is 0 Å². The summed E-state index contributed by atoms with van der Waals surface area (Å²) in [6.07, 6.45) is 5.22. The summed E-state index contributed by atoms with van der Waals surface area (Å²) in [5.74, 6) is 2.52. The normalized spacial score (nSPS) is 18.9. The molecule has 0 unspecified atom stereocenters. The van der Waals surface area contributed by atoms with Crippen molar-refractivity contribution in [3.05, 3.63) is 25.3 Å². The van der Waals surface area contributed by atoms with Gasteiger partial charge in [-0.2, -0.15) is 0 Å². The smallest absolute Gasteiger partial charge is 0.0717 e. The highest BCUT2D eigenvalue weighted by molar-refractivity contribution is 14.1. The lowest BCUT2D eigenvalue weighted by atomic mass is 10.4. The summed E-state index contributed by atoms with van der Waals surface area (Å²) in [4.78, 5) is 0. The molecule has 2 aliphatic rings. The summed E-state index contributed by atoms with van der Waals surface area (Å²) in [6.45, 7) is 4.55. The second kappa shape index (κ2) is 10.8. The molecule has 0 saturated carbocycles. The van der Waals surface area contributed by atoms with Crippen LogP contribution in [-0.2, 0) is 0 Å². The highest BCUT2D eigenvalue weighted by Gasteiger charge is 2.26. The number of hydrogen-bond acceptors (Lipinski definition) is 6. The molecule has 0 aromatic heterocycles. The molecule has 0 aromatic carbocycles. The van der Waals surface area contributed by atoms with Crippen molar-refractivity contribution in [1.82, 2.24) is 0 Å². The highest BCUT2D eigenvalue weighted by atomic mass is 127. The average molecular weight is 507 g/mol. The Labute approximate surface area is 167 Å². The van der Waals surface area contributed by atoms with Crippen LogP contribution in [0.3, 0.4) is 0 Å². The van der Waals surface area contributed by atoms with Crippen molar-refractivity contribution in [1.29, 1.82) is 0 Å². The van der Waals surface area contributed by atoms with E-state index < -0.39 is 0 Å². The largest absolute Gasteiger partial charge is 0.117 e. The monoisotopic (exact) mass is 506 g/mol. The topological polar surface area (TPSA) is 0 Å². The number of thioether (sulfide) groups is 6. The summed E-state index contributed by atoms with van der Waals surface area (Å²) < 4.78 is 7.49. The molecule has 0 saturated heterocycles. The molecule has 0 fully saturated rings. The van der Waals surface area contributed by atoms with Crippen LogP contribution >= 0.6 is 93.2 Å². The third-order valence-electron chi connectivity index (χ3n) is 2.62. The van der Waals surface area contributed by atoms with Crippen LogP contribution in [-0.4, -0.2) is 11.5 Å². The van der Waals surface area contributed by atoms with Crippen LogP contribution in [0, 0.1) is 0 Å². The average Bonchev–Trinajstić information content (AvgIpc) is 3.06. The van der Waals surface area contributed by atoms with E-state index in [0.717, 1.165) is 0 Å². The second-order valence-corrected chi connectivity index (χ2v) is 13.5. The van der Waals surface area contributed by atoms with Crippen molar-refractivity contribution < 1.29 is 0 Å². The van der Waals surface area contributed by atoms with E-state index in [4.69, 9.17) is 0 Å². The Morgan fingerprint density at radius 1 is 0.905 bits per heavy atom. The van der Waals surface area contributed by atoms with Gasteiger partial charge in [0.1, 0.15) is 0 Å². The van der Waals surface area contributed by atoms with Gasteiger partial charge in [0.25, 0.3) is 0 Å². The molecule has 0 N–H and O–H groups in total. The van der Waals surface area contributed by atoms with Gasteiger partial charge in [-0.3, -0.25) is 0 Å². The molecule has 0 amide bonds. The maximum absolute atomic E-state index is 2.43. The Bertz CT molecular complexity index is 430. The van der Waals surface area contributed by atoms with E-state index in [9.17, 15) is 0 Å². The van der Waals surface area contributed by atoms with Gasteiger partial charge in [-0.25, -0.2) is 0 Å². The molecule has 0 aliphatic carbocycles. The summed E-state index contributed by atoms with van der Waals surface area (Å²) >= 11 is 14.4. The van der Waals surface area contributed by atoms with Crippen molar-refractivity contribution >= 4 is 93.2 Å². The minimum atomic E-state index is 1.26. The second-order valence-electron chi connectivity index (χ2n) is 4.40. The molecule has 0 nitrogen and oxygen atoms in total. The van der Waals surface area contributed by atoms with Crippen LogP contribution in [0.4, 0.5) is 0 Å². The summed E-state index contributed by atoms with van der Waals surface area (Å²) in [5, 5.41) is 2.26. The quantitative estimate of drug-likeness (QED) is 0.237. The van der Waals surface area contributed by atoms with Gasteiger partial charge in [-0.1, -0.05) is 73.7 Å². The van der Waals surface area contributed by atoms with Gasteiger partial charge in [-0.05, 0) is 52.3 Å². The minimum Gasteiger partial charge on any atom is -0.117 e. The van der Waals surface area contributed by atoms with Crippen LogP contribution in [0.25, 0.3) is 0 Å². The number of rotatable bonds is 8. The van der Waals surface area contributed by atoms with E-state index in [2.05, 4.69) is 65.4 Å². The first-order valence-corrected chi connectivity index (χ1v) is 13.4. The Morgan fingerprint density at radius 2 is 1.48 bits per heavy atom. The third kappa shape index (κ3) is 6.46. The Kier molecular flexibility index (Phi) is 9.98. The minimum absolute atomic E-state index is 1.26. The summed E-state index contributed by atoms with van der Waals surface area (Å²) in [6, 6.07) is 0. The van der Waals surface area contributed by atoms with Crippen LogP contribution in [0.2, 0.25) is 0 Å². The number of hydrogen-bond donors (Lipinski definition) is 0. The van der Waals surface area contributed by atoms with Crippen molar-refractivity contribution in [3.8, 4) is 0 Å². The zero-order chi connectivity index (χ0) is 15.1.